The lowest BCUT2D eigenvalue weighted by Gasteiger charge is -2.17. The number of benzene rings is 1. The third kappa shape index (κ3) is 4.82. The van der Waals surface area contributed by atoms with Crippen molar-refractivity contribution in [2.75, 3.05) is 18.9 Å². The molecule has 2 rings (SSSR count). The minimum Gasteiger partial charge on any atom is -0.310 e. The summed E-state index contributed by atoms with van der Waals surface area (Å²) in [6.07, 6.45) is -4.37. The molecule has 0 fully saturated rings. The molecule has 0 aliphatic heterocycles. The zero-order valence-corrected chi connectivity index (χ0v) is 13.7. The maximum Gasteiger partial charge on any atom is 0.416 e. The van der Waals surface area contributed by atoms with Crippen LogP contribution in [0, 0.1) is 6.92 Å². The van der Waals surface area contributed by atoms with E-state index in [0.29, 0.717) is 11.4 Å². The Labute approximate surface area is 138 Å². The molecule has 0 aliphatic carbocycles. The van der Waals surface area contributed by atoms with Crippen LogP contribution in [0.15, 0.2) is 30.3 Å². The number of nitrogens with one attached hydrogen (secondary N) is 1. The van der Waals surface area contributed by atoms with Crippen LogP contribution in [0.3, 0.4) is 0 Å². The quantitative estimate of drug-likeness (QED) is 0.911. The summed E-state index contributed by atoms with van der Waals surface area (Å²) in [7, 11) is 3.39. The first-order valence-electron chi connectivity index (χ1n) is 7.30. The number of carbonyl (C=O) groups excluding carboxylic acids is 1. The molecule has 5 nitrogen and oxygen atoms in total. The molecular formula is C16H19F3N4O. The Morgan fingerprint density at radius 1 is 1.33 bits per heavy atom. The fourth-order valence-electron chi connectivity index (χ4n) is 2.37. The third-order valence-electron chi connectivity index (χ3n) is 3.39. The molecule has 0 unspecified atom stereocenters. The second kappa shape index (κ2) is 7.04. The zero-order chi connectivity index (χ0) is 17.9. The Morgan fingerprint density at radius 3 is 2.62 bits per heavy atom. The Hall–Kier alpha value is -2.35. The molecule has 1 heterocycles. The van der Waals surface area contributed by atoms with E-state index in [9.17, 15) is 18.0 Å². The number of anilines is 1. The van der Waals surface area contributed by atoms with Gasteiger partial charge in [-0.1, -0.05) is 18.2 Å². The van der Waals surface area contributed by atoms with Crippen molar-refractivity contribution < 1.29 is 18.0 Å². The lowest BCUT2D eigenvalue weighted by molar-refractivity contribution is -0.137. The lowest BCUT2D eigenvalue weighted by atomic mass is 10.1. The molecule has 0 bridgehead atoms. The summed E-state index contributed by atoms with van der Waals surface area (Å²) in [5.41, 5.74) is 0.588. The zero-order valence-electron chi connectivity index (χ0n) is 13.7. The molecule has 0 saturated carbocycles. The van der Waals surface area contributed by atoms with Crippen molar-refractivity contribution in [1.82, 2.24) is 14.7 Å². The fourth-order valence-corrected chi connectivity index (χ4v) is 2.37. The summed E-state index contributed by atoms with van der Waals surface area (Å²) in [6.45, 7) is 2.11. The average molecular weight is 340 g/mol. The topological polar surface area (TPSA) is 50.2 Å². The van der Waals surface area contributed by atoms with Crippen LogP contribution >= 0.6 is 0 Å². The summed E-state index contributed by atoms with van der Waals surface area (Å²) in [4.78, 5) is 13.7. The molecule has 0 radical (unpaired) electrons. The summed E-state index contributed by atoms with van der Waals surface area (Å²) >= 11 is 0. The number of hydrogen-bond acceptors (Lipinski definition) is 3. The van der Waals surface area contributed by atoms with Gasteiger partial charge in [0.15, 0.2) is 0 Å². The molecule has 0 aliphatic rings. The van der Waals surface area contributed by atoms with Crippen LogP contribution in [0.2, 0.25) is 0 Å². The monoisotopic (exact) mass is 340 g/mol. The second-order valence-electron chi connectivity index (χ2n) is 5.71. The van der Waals surface area contributed by atoms with Crippen molar-refractivity contribution in [3.05, 3.63) is 47.2 Å². The summed E-state index contributed by atoms with van der Waals surface area (Å²) in [5, 5.41) is 6.85. The van der Waals surface area contributed by atoms with Gasteiger partial charge in [-0.3, -0.25) is 14.4 Å². The van der Waals surface area contributed by atoms with Crippen LogP contribution in [-0.4, -0.2) is 34.2 Å². The van der Waals surface area contributed by atoms with Gasteiger partial charge in [-0.05, 0) is 25.6 Å². The first-order valence-corrected chi connectivity index (χ1v) is 7.30. The molecular weight excluding hydrogens is 321 g/mol. The fraction of sp³-hybridized carbons (Fsp3) is 0.375. The van der Waals surface area contributed by atoms with Gasteiger partial charge in [0.1, 0.15) is 5.82 Å². The standard InChI is InChI=1S/C16H19F3N4O/c1-11-7-14(23(3)21-11)20-15(24)10-22(2)9-12-5-4-6-13(8-12)16(17,18)19/h4-8H,9-10H2,1-3H3,(H,20,24). The molecule has 0 saturated heterocycles. The summed E-state index contributed by atoms with van der Waals surface area (Å²) in [5.74, 6) is 0.317. The number of halogens is 3. The Balaban J connectivity index is 1.94. The molecule has 1 aromatic carbocycles. The second-order valence-corrected chi connectivity index (χ2v) is 5.71. The summed E-state index contributed by atoms with van der Waals surface area (Å²) < 4.78 is 39.7. The number of hydrogen-bond donors (Lipinski definition) is 1. The van der Waals surface area contributed by atoms with Gasteiger partial charge in [-0.15, -0.1) is 0 Å². The maximum atomic E-state index is 12.7. The molecule has 1 amide bonds. The van der Waals surface area contributed by atoms with Crippen LogP contribution in [0.25, 0.3) is 0 Å². The van der Waals surface area contributed by atoms with Crippen LogP contribution in [0.5, 0.6) is 0 Å². The van der Waals surface area contributed by atoms with Gasteiger partial charge >= 0.3 is 6.18 Å². The molecule has 2 aromatic rings. The van der Waals surface area contributed by atoms with Gasteiger partial charge in [-0.2, -0.15) is 18.3 Å². The van der Waals surface area contributed by atoms with E-state index in [1.807, 2.05) is 6.92 Å². The minimum absolute atomic E-state index is 0.0560. The van der Waals surface area contributed by atoms with E-state index in [1.165, 1.54) is 6.07 Å². The smallest absolute Gasteiger partial charge is 0.310 e. The van der Waals surface area contributed by atoms with Crippen molar-refractivity contribution in [3.8, 4) is 0 Å². The molecule has 8 heteroatoms. The maximum absolute atomic E-state index is 12.7. The van der Waals surface area contributed by atoms with Crippen LogP contribution < -0.4 is 5.32 Å². The number of likely N-dealkylation sites (N-methyl/N-ethyl adjacent to an activating group) is 1. The van der Waals surface area contributed by atoms with Crippen molar-refractivity contribution >= 4 is 11.7 Å². The highest BCUT2D eigenvalue weighted by Crippen LogP contribution is 2.29. The normalized spacial score (nSPS) is 11.8. The SMILES string of the molecule is Cc1cc(NC(=O)CN(C)Cc2cccc(C(F)(F)F)c2)n(C)n1. The van der Waals surface area contributed by atoms with Gasteiger partial charge in [0.2, 0.25) is 5.91 Å². The van der Waals surface area contributed by atoms with E-state index >= 15 is 0 Å². The number of aromatic nitrogens is 2. The van der Waals surface area contributed by atoms with E-state index < -0.39 is 11.7 Å². The molecule has 1 aromatic heterocycles. The van der Waals surface area contributed by atoms with Gasteiger partial charge in [0.05, 0.1) is 17.8 Å². The van der Waals surface area contributed by atoms with Gasteiger partial charge < -0.3 is 5.32 Å². The van der Waals surface area contributed by atoms with E-state index in [2.05, 4.69) is 10.4 Å². The molecule has 0 atom stereocenters. The molecule has 1 N–H and O–H groups in total. The van der Waals surface area contributed by atoms with Gasteiger partial charge in [-0.25, -0.2) is 0 Å². The predicted octanol–water partition coefficient (Wildman–Crippen LogP) is 2.82. The van der Waals surface area contributed by atoms with Gasteiger partial charge in [0, 0.05) is 19.7 Å². The number of aryl methyl sites for hydroxylation is 2. The Bertz CT molecular complexity index is 724. The van der Waals surface area contributed by atoms with Crippen molar-refractivity contribution in [2.24, 2.45) is 7.05 Å². The Kier molecular flexibility index (Phi) is 5.28. The molecule has 24 heavy (non-hydrogen) atoms. The summed E-state index contributed by atoms with van der Waals surface area (Å²) in [6, 6.07) is 6.84. The van der Waals surface area contributed by atoms with Crippen molar-refractivity contribution in [2.45, 2.75) is 19.6 Å². The van der Waals surface area contributed by atoms with E-state index in [-0.39, 0.29) is 19.0 Å². The first-order chi connectivity index (χ1) is 11.1. The van der Waals surface area contributed by atoms with Gasteiger partial charge in [0.25, 0.3) is 0 Å². The number of rotatable bonds is 5. The van der Waals surface area contributed by atoms with Crippen LogP contribution in [0.1, 0.15) is 16.8 Å². The van der Waals surface area contributed by atoms with E-state index in [1.54, 1.807) is 35.8 Å². The average Bonchev–Trinajstić information content (AvgIpc) is 2.75. The van der Waals surface area contributed by atoms with Crippen LogP contribution in [0.4, 0.5) is 19.0 Å². The highest BCUT2D eigenvalue weighted by atomic mass is 19.4. The largest absolute Gasteiger partial charge is 0.416 e. The predicted molar refractivity (Wildman–Crippen MR) is 84.4 cm³/mol. The molecule has 130 valence electrons. The van der Waals surface area contributed by atoms with Crippen molar-refractivity contribution in [3.63, 3.8) is 0 Å². The van der Waals surface area contributed by atoms with E-state index in [0.717, 1.165) is 17.8 Å². The van der Waals surface area contributed by atoms with Crippen molar-refractivity contribution in [1.29, 1.82) is 0 Å². The molecule has 0 spiro atoms. The minimum atomic E-state index is -4.37. The first kappa shape index (κ1) is 18.0. The number of nitrogens with zero attached hydrogens (tertiary/aromatic N) is 3. The highest BCUT2D eigenvalue weighted by molar-refractivity contribution is 5.91. The third-order valence-corrected chi connectivity index (χ3v) is 3.39. The number of amides is 1. The number of alkyl halides is 3. The highest BCUT2D eigenvalue weighted by Gasteiger charge is 2.30. The van der Waals surface area contributed by atoms with Crippen LogP contribution in [-0.2, 0) is 24.6 Å². The lowest BCUT2D eigenvalue weighted by Crippen LogP contribution is -2.30. The van der Waals surface area contributed by atoms with E-state index in [4.69, 9.17) is 0 Å². The number of carbonyl (C=O) groups is 1. The Morgan fingerprint density at radius 2 is 2.04 bits per heavy atom.